The highest BCUT2D eigenvalue weighted by Crippen LogP contribution is 2.25. The number of methoxy groups -OCH3 is 1. The normalized spacial score (nSPS) is 10.9. The highest BCUT2D eigenvalue weighted by Gasteiger charge is 2.12. The van der Waals surface area contributed by atoms with Gasteiger partial charge < -0.3 is 10.1 Å². The molecule has 0 aliphatic rings. The third-order valence-electron chi connectivity index (χ3n) is 3.32. The Labute approximate surface area is 153 Å². The van der Waals surface area contributed by atoms with Crippen LogP contribution in [0.25, 0.3) is 6.08 Å². The van der Waals surface area contributed by atoms with E-state index < -0.39 is 5.91 Å². The lowest BCUT2D eigenvalue weighted by atomic mass is 10.1. The number of hydrogen-bond donors (Lipinski definition) is 1. The summed E-state index contributed by atoms with van der Waals surface area (Å²) in [6.07, 6.45) is 1.50. The van der Waals surface area contributed by atoms with Crippen LogP contribution in [0.5, 0.6) is 5.75 Å². The van der Waals surface area contributed by atoms with Crippen molar-refractivity contribution in [2.24, 2.45) is 0 Å². The van der Waals surface area contributed by atoms with Crippen LogP contribution in [0.4, 0.5) is 5.69 Å². The minimum atomic E-state index is -0.498. The van der Waals surface area contributed by atoms with E-state index in [2.05, 4.69) is 21.2 Å². The lowest BCUT2D eigenvalue weighted by Gasteiger charge is -2.09. The standard InChI is InChI=1S/C18H14BrClN2O2/c1-11-16(20)4-3-5-17(11)22-18(23)13(10-21)6-12-7-14(19)9-15(8-12)24-2/h3-9H,1-2H3,(H,22,23)/b13-6+. The van der Waals surface area contributed by atoms with Crippen molar-refractivity contribution in [2.75, 3.05) is 12.4 Å². The first-order chi connectivity index (χ1) is 11.4. The quantitative estimate of drug-likeness (QED) is 0.577. The molecule has 0 spiro atoms. The number of anilines is 1. The molecule has 24 heavy (non-hydrogen) atoms. The van der Waals surface area contributed by atoms with E-state index in [4.69, 9.17) is 16.3 Å². The van der Waals surface area contributed by atoms with Gasteiger partial charge in [0.2, 0.25) is 0 Å². The highest BCUT2D eigenvalue weighted by atomic mass is 79.9. The fraction of sp³-hybridized carbons (Fsp3) is 0.111. The maximum absolute atomic E-state index is 12.4. The first-order valence-corrected chi connectivity index (χ1v) is 8.14. The number of halogens is 2. The van der Waals surface area contributed by atoms with Crippen LogP contribution in [0.2, 0.25) is 5.02 Å². The van der Waals surface area contributed by atoms with Gasteiger partial charge >= 0.3 is 0 Å². The minimum absolute atomic E-state index is 0.0190. The lowest BCUT2D eigenvalue weighted by molar-refractivity contribution is -0.112. The number of carbonyl (C=O) groups excluding carboxylic acids is 1. The molecule has 0 atom stereocenters. The van der Waals surface area contributed by atoms with Gasteiger partial charge in [-0.25, -0.2) is 0 Å². The summed E-state index contributed by atoms with van der Waals surface area (Å²) in [6.45, 7) is 1.80. The fourth-order valence-electron chi connectivity index (χ4n) is 2.03. The molecule has 0 radical (unpaired) electrons. The van der Waals surface area contributed by atoms with Gasteiger partial charge in [0.1, 0.15) is 17.4 Å². The summed E-state index contributed by atoms with van der Waals surface area (Å²) in [5.41, 5.74) is 1.97. The van der Waals surface area contributed by atoms with Gasteiger partial charge in [-0.3, -0.25) is 4.79 Å². The largest absolute Gasteiger partial charge is 0.497 e. The van der Waals surface area contributed by atoms with Gasteiger partial charge in [0, 0.05) is 15.2 Å². The Morgan fingerprint density at radius 2 is 2.12 bits per heavy atom. The maximum atomic E-state index is 12.4. The van der Waals surface area contributed by atoms with Crippen LogP contribution < -0.4 is 10.1 Å². The molecule has 122 valence electrons. The van der Waals surface area contributed by atoms with Crippen LogP contribution >= 0.6 is 27.5 Å². The zero-order chi connectivity index (χ0) is 17.7. The monoisotopic (exact) mass is 404 g/mol. The Hall–Kier alpha value is -2.29. The summed E-state index contributed by atoms with van der Waals surface area (Å²) in [5.74, 6) is 0.126. The third-order valence-corrected chi connectivity index (χ3v) is 4.19. The molecule has 0 unspecified atom stereocenters. The number of nitrogens with zero attached hydrogens (tertiary/aromatic N) is 1. The molecule has 0 aromatic heterocycles. The Morgan fingerprint density at radius 3 is 2.79 bits per heavy atom. The van der Waals surface area contributed by atoms with Crippen molar-refractivity contribution >= 4 is 45.2 Å². The number of rotatable bonds is 4. The third kappa shape index (κ3) is 4.38. The molecular formula is C18H14BrClN2O2. The first-order valence-electron chi connectivity index (χ1n) is 6.97. The number of carbonyl (C=O) groups is 1. The van der Waals surface area contributed by atoms with Gasteiger partial charge in [-0.05, 0) is 54.5 Å². The molecule has 1 amide bonds. The number of nitrogens with one attached hydrogen (secondary N) is 1. The molecule has 0 bridgehead atoms. The van der Waals surface area contributed by atoms with Crippen LogP contribution in [0.15, 0.2) is 46.4 Å². The van der Waals surface area contributed by atoms with Crippen molar-refractivity contribution in [3.8, 4) is 11.8 Å². The number of amides is 1. The Morgan fingerprint density at radius 1 is 1.38 bits per heavy atom. The topological polar surface area (TPSA) is 62.1 Å². The second-order valence-corrected chi connectivity index (χ2v) is 6.28. The van der Waals surface area contributed by atoms with E-state index in [1.807, 2.05) is 6.07 Å². The van der Waals surface area contributed by atoms with Gasteiger partial charge in [0.25, 0.3) is 5.91 Å². The van der Waals surface area contributed by atoms with E-state index in [0.717, 1.165) is 10.0 Å². The predicted octanol–water partition coefficient (Wildman–Crippen LogP) is 4.97. The minimum Gasteiger partial charge on any atom is -0.497 e. The van der Waals surface area contributed by atoms with E-state index >= 15 is 0 Å². The average Bonchev–Trinajstić information content (AvgIpc) is 2.56. The Bertz CT molecular complexity index is 857. The van der Waals surface area contributed by atoms with Crippen molar-refractivity contribution < 1.29 is 9.53 Å². The van der Waals surface area contributed by atoms with E-state index in [-0.39, 0.29) is 5.57 Å². The highest BCUT2D eigenvalue weighted by molar-refractivity contribution is 9.10. The number of benzene rings is 2. The van der Waals surface area contributed by atoms with Gasteiger partial charge in [-0.2, -0.15) is 5.26 Å². The van der Waals surface area contributed by atoms with E-state index in [1.54, 1.807) is 50.4 Å². The lowest BCUT2D eigenvalue weighted by Crippen LogP contribution is -2.14. The summed E-state index contributed by atoms with van der Waals surface area (Å²) < 4.78 is 5.97. The van der Waals surface area contributed by atoms with E-state index in [0.29, 0.717) is 22.0 Å². The van der Waals surface area contributed by atoms with Gasteiger partial charge in [0.05, 0.1) is 7.11 Å². The molecular weight excluding hydrogens is 392 g/mol. The molecule has 0 aliphatic heterocycles. The van der Waals surface area contributed by atoms with Crippen LogP contribution in [0.3, 0.4) is 0 Å². The summed E-state index contributed by atoms with van der Waals surface area (Å²) in [6, 6.07) is 12.4. The second kappa shape index (κ2) is 8.00. The van der Waals surface area contributed by atoms with Crippen molar-refractivity contribution in [2.45, 2.75) is 6.92 Å². The van der Waals surface area contributed by atoms with E-state index in [9.17, 15) is 10.1 Å². The Kier molecular flexibility index (Phi) is 6.02. The van der Waals surface area contributed by atoms with Crippen molar-refractivity contribution in [3.05, 3.63) is 62.6 Å². The predicted molar refractivity (Wildman–Crippen MR) is 99.1 cm³/mol. The van der Waals surface area contributed by atoms with Crippen LogP contribution in [-0.4, -0.2) is 13.0 Å². The van der Waals surface area contributed by atoms with Crippen molar-refractivity contribution in [1.29, 1.82) is 5.26 Å². The molecule has 0 fully saturated rings. The Balaban J connectivity index is 2.31. The number of hydrogen-bond acceptors (Lipinski definition) is 3. The summed E-state index contributed by atoms with van der Waals surface area (Å²) in [4.78, 5) is 12.4. The molecule has 2 rings (SSSR count). The summed E-state index contributed by atoms with van der Waals surface area (Å²) in [5, 5.41) is 12.6. The maximum Gasteiger partial charge on any atom is 0.266 e. The zero-order valence-electron chi connectivity index (χ0n) is 13.1. The SMILES string of the molecule is COc1cc(Br)cc(/C=C(\C#N)C(=O)Nc2cccc(Cl)c2C)c1. The first kappa shape index (κ1) is 18.1. The molecule has 0 heterocycles. The molecule has 6 heteroatoms. The van der Waals surface area contributed by atoms with Crippen molar-refractivity contribution in [1.82, 2.24) is 0 Å². The molecule has 0 saturated heterocycles. The average molecular weight is 406 g/mol. The zero-order valence-corrected chi connectivity index (χ0v) is 15.4. The van der Waals surface area contributed by atoms with Gasteiger partial charge in [0.15, 0.2) is 0 Å². The van der Waals surface area contributed by atoms with Crippen LogP contribution in [-0.2, 0) is 4.79 Å². The molecule has 0 aliphatic carbocycles. The smallest absolute Gasteiger partial charge is 0.266 e. The number of ether oxygens (including phenoxy) is 1. The van der Waals surface area contributed by atoms with Gasteiger partial charge in [-0.15, -0.1) is 0 Å². The molecule has 1 N–H and O–H groups in total. The number of nitriles is 1. The molecule has 0 saturated carbocycles. The van der Waals surface area contributed by atoms with Crippen molar-refractivity contribution in [3.63, 3.8) is 0 Å². The summed E-state index contributed by atoms with van der Waals surface area (Å²) >= 11 is 9.41. The van der Waals surface area contributed by atoms with E-state index in [1.165, 1.54) is 6.08 Å². The fourth-order valence-corrected chi connectivity index (χ4v) is 2.70. The van der Waals surface area contributed by atoms with Gasteiger partial charge in [-0.1, -0.05) is 33.6 Å². The molecule has 2 aromatic rings. The second-order valence-electron chi connectivity index (χ2n) is 4.96. The van der Waals surface area contributed by atoms with Crippen LogP contribution in [0.1, 0.15) is 11.1 Å². The van der Waals surface area contributed by atoms with Crippen LogP contribution in [0, 0.1) is 18.3 Å². The molecule has 2 aromatic carbocycles. The molecule has 4 nitrogen and oxygen atoms in total. The summed E-state index contributed by atoms with van der Waals surface area (Å²) in [7, 11) is 1.55.